The van der Waals surface area contributed by atoms with E-state index in [9.17, 15) is 0 Å². The summed E-state index contributed by atoms with van der Waals surface area (Å²) in [6, 6.07) is 0. The predicted molar refractivity (Wildman–Crippen MR) is 32.5 cm³/mol. The van der Waals surface area contributed by atoms with Crippen LogP contribution in [0, 0.1) is 17.3 Å². The molecule has 3 aliphatic carbocycles. The normalized spacial score (nSPS) is 66.0. The van der Waals surface area contributed by atoms with Gasteiger partial charge in [-0.05, 0) is 42.9 Å². The van der Waals surface area contributed by atoms with Crippen LogP contribution in [0.5, 0.6) is 0 Å². The van der Waals surface area contributed by atoms with Gasteiger partial charge in [-0.25, -0.2) is 0 Å². The fourth-order valence-electron chi connectivity index (χ4n) is 2.94. The van der Waals surface area contributed by atoms with Crippen molar-refractivity contribution in [3.05, 3.63) is 0 Å². The molecular formula is C8H12. The lowest BCUT2D eigenvalue weighted by Crippen LogP contribution is -1.93. The Bertz CT molecular complexity index is 117. The van der Waals surface area contributed by atoms with Crippen molar-refractivity contribution in [2.24, 2.45) is 17.3 Å². The Morgan fingerprint density at radius 1 is 1.00 bits per heavy atom. The van der Waals surface area contributed by atoms with Crippen LogP contribution in [0.2, 0.25) is 0 Å². The Kier molecular flexibility index (Phi) is 0.427. The van der Waals surface area contributed by atoms with Crippen molar-refractivity contribution in [2.75, 3.05) is 0 Å². The molecule has 0 radical (unpaired) electrons. The maximum absolute atomic E-state index is 1.62. The minimum atomic E-state index is 1.01. The molecule has 0 saturated heterocycles. The summed E-state index contributed by atoms with van der Waals surface area (Å²) in [6.45, 7) is 0. The lowest BCUT2D eigenvalue weighted by atomic mass is 10.0. The first-order chi connectivity index (χ1) is 3.92. The van der Waals surface area contributed by atoms with Crippen molar-refractivity contribution >= 4 is 0 Å². The quantitative estimate of drug-likeness (QED) is 0.446. The van der Waals surface area contributed by atoms with E-state index in [2.05, 4.69) is 0 Å². The zero-order valence-corrected chi connectivity index (χ0v) is 5.19. The second-order valence-electron chi connectivity index (χ2n) is 3.97. The van der Waals surface area contributed by atoms with E-state index in [-0.39, 0.29) is 0 Å². The van der Waals surface area contributed by atoms with Crippen LogP contribution < -0.4 is 0 Å². The maximum Gasteiger partial charge on any atom is -0.0235 e. The fourth-order valence-corrected chi connectivity index (χ4v) is 2.94. The molecule has 0 bridgehead atoms. The highest BCUT2D eigenvalue weighted by atomic mass is 14.7. The van der Waals surface area contributed by atoms with Crippen LogP contribution in [0.15, 0.2) is 0 Å². The van der Waals surface area contributed by atoms with Crippen LogP contribution >= 0.6 is 0 Å². The summed E-state index contributed by atoms with van der Waals surface area (Å²) in [7, 11) is 0. The van der Waals surface area contributed by atoms with Gasteiger partial charge in [-0.3, -0.25) is 0 Å². The van der Waals surface area contributed by atoms with Gasteiger partial charge in [-0.15, -0.1) is 0 Å². The van der Waals surface area contributed by atoms with Gasteiger partial charge in [0.2, 0.25) is 0 Å². The molecule has 3 saturated carbocycles. The second-order valence-corrected chi connectivity index (χ2v) is 3.97. The minimum absolute atomic E-state index is 1.01. The highest BCUT2D eigenvalue weighted by molar-refractivity contribution is 5.19. The van der Waals surface area contributed by atoms with Gasteiger partial charge in [0.05, 0.1) is 0 Å². The molecule has 3 rings (SSSR count). The smallest absolute Gasteiger partial charge is 0.0235 e. The zero-order valence-electron chi connectivity index (χ0n) is 5.19. The van der Waals surface area contributed by atoms with Gasteiger partial charge >= 0.3 is 0 Å². The fraction of sp³-hybridized carbons (Fsp3) is 1.00. The Morgan fingerprint density at radius 3 is 2.12 bits per heavy atom. The van der Waals surface area contributed by atoms with E-state index in [4.69, 9.17) is 0 Å². The van der Waals surface area contributed by atoms with Crippen LogP contribution in [-0.4, -0.2) is 0 Å². The first-order valence-corrected chi connectivity index (χ1v) is 3.92. The van der Waals surface area contributed by atoms with Crippen molar-refractivity contribution in [3.63, 3.8) is 0 Å². The standard InChI is InChI=1S/C8H12/c1-2-6-4-8(6)5-7(8)3-1/h6-7H,1-5H2/t6-,7?,8?/m1/s1. The Morgan fingerprint density at radius 2 is 1.62 bits per heavy atom. The first kappa shape index (κ1) is 3.92. The third-order valence-electron chi connectivity index (χ3n) is 3.66. The Balaban J connectivity index is 1.95. The molecule has 3 aliphatic rings. The summed E-state index contributed by atoms with van der Waals surface area (Å²) < 4.78 is 0. The monoisotopic (exact) mass is 108 g/mol. The Hall–Kier alpha value is 0. The van der Waals surface area contributed by atoms with Crippen LogP contribution in [-0.2, 0) is 0 Å². The molecular weight excluding hydrogens is 96.1 g/mol. The van der Waals surface area contributed by atoms with E-state index in [1.54, 1.807) is 32.1 Å². The molecule has 0 amide bonds. The van der Waals surface area contributed by atoms with E-state index < -0.39 is 0 Å². The Labute approximate surface area is 50.3 Å². The van der Waals surface area contributed by atoms with Crippen LogP contribution in [0.25, 0.3) is 0 Å². The third kappa shape index (κ3) is 0.260. The van der Waals surface area contributed by atoms with Crippen molar-refractivity contribution in [2.45, 2.75) is 32.1 Å². The summed E-state index contributed by atoms with van der Waals surface area (Å²) in [5.41, 5.74) is 1.01. The van der Waals surface area contributed by atoms with Gasteiger partial charge in [-0.1, -0.05) is 6.42 Å². The highest BCUT2D eigenvalue weighted by Crippen LogP contribution is 2.79. The molecule has 0 aromatic heterocycles. The summed E-state index contributed by atoms with van der Waals surface area (Å²) >= 11 is 0. The van der Waals surface area contributed by atoms with E-state index in [0.29, 0.717) is 0 Å². The highest BCUT2D eigenvalue weighted by Gasteiger charge is 2.70. The minimum Gasteiger partial charge on any atom is -0.0527 e. The lowest BCUT2D eigenvalue weighted by Gasteiger charge is -2.04. The van der Waals surface area contributed by atoms with Crippen molar-refractivity contribution in [1.29, 1.82) is 0 Å². The molecule has 0 nitrogen and oxygen atoms in total. The predicted octanol–water partition coefficient (Wildman–Crippen LogP) is 2.20. The van der Waals surface area contributed by atoms with Gasteiger partial charge in [0, 0.05) is 0 Å². The maximum atomic E-state index is 1.62. The topological polar surface area (TPSA) is 0 Å². The second kappa shape index (κ2) is 0.872. The van der Waals surface area contributed by atoms with Gasteiger partial charge < -0.3 is 0 Å². The molecule has 0 aliphatic heterocycles. The van der Waals surface area contributed by atoms with Gasteiger partial charge in [0.25, 0.3) is 0 Å². The molecule has 3 atom stereocenters. The number of hydrogen-bond acceptors (Lipinski definition) is 0. The van der Waals surface area contributed by atoms with Crippen molar-refractivity contribution < 1.29 is 0 Å². The van der Waals surface area contributed by atoms with Crippen molar-refractivity contribution in [3.8, 4) is 0 Å². The summed E-state index contributed by atoms with van der Waals surface area (Å²) in [6.07, 6.45) is 7.96. The summed E-state index contributed by atoms with van der Waals surface area (Å²) in [4.78, 5) is 0. The molecule has 2 unspecified atom stereocenters. The zero-order chi connectivity index (χ0) is 5.19. The number of hydrogen-bond donors (Lipinski definition) is 0. The molecule has 3 fully saturated rings. The SMILES string of the molecule is C1CC2CC23C[C@H]3C1. The molecule has 44 valence electrons. The van der Waals surface area contributed by atoms with Crippen LogP contribution in [0.4, 0.5) is 0 Å². The molecule has 0 N–H and O–H groups in total. The van der Waals surface area contributed by atoms with Crippen LogP contribution in [0.3, 0.4) is 0 Å². The van der Waals surface area contributed by atoms with Crippen molar-refractivity contribution in [1.82, 2.24) is 0 Å². The average molecular weight is 108 g/mol. The lowest BCUT2D eigenvalue weighted by molar-refractivity contribution is 0.468. The molecule has 0 heterocycles. The van der Waals surface area contributed by atoms with E-state index in [0.717, 1.165) is 5.41 Å². The van der Waals surface area contributed by atoms with E-state index >= 15 is 0 Å². The van der Waals surface area contributed by atoms with Gasteiger partial charge in [0.15, 0.2) is 0 Å². The first-order valence-electron chi connectivity index (χ1n) is 3.92. The molecule has 0 aromatic carbocycles. The molecule has 1 spiro atoms. The number of rotatable bonds is 0. The van der Waals surface area contributed by atoms with E-state index in [1.165, 1.54) is 11.8 Å². The van der Waals surface area contributed by atoms with E-state index in [1.807, 2.05) is 0 Å². The van der Waals surface area contributed by atoms with Gasteiger partial charge in [-0.2, -0.15) is 0 Å². The van der Waals surface area contributed by atoms with Crippen LogP contribution in [0.1, 0.15) is 32.1 Å². The molecule has 8 heavy (non-hydrogen) atoms. The molecule has 0 aromatic rings. The largest absolute Gasteiger partial charge is 0.0527 e. The van der Waals surface area contributed by atoms with Gasteiger partial charge in [0.1, 0.15) is 0 Å². The third-order valence-corrected chi connectivity index (χ3v) is 3.66. The summed E-state index contributed by atoms with van der Waals surface area (Å²) in [5, 5.41) is 0. The average Bonchev–Trinajstić information content (AvgIpc) is 2.45. The summed E-state index contributed by atoms with van der Waals surface area (Å²) in [5.74, 6) is 2.45. The molecule has 0 heteroatoms.